The second-order valence-corrected chi connectivity index (χ2v) is 7.92. The number of rotatable bonds is 0. The lowest BCUT2D eigenvalue weighted by molar-refractivity contribution is 0.0228. The monoisotopic (exact) mass is 450 g/mol. The second-order valence-electron chi connectivity index (χ2n) is 7.92. The van der Waals surface area contributed by atoms with E-state index in [2.05, 4.69) is 0 Å². The van der Waals surface area contributed by atoms with E-state index in [4.69, 9.17) is 66.8 Å². The maximum Gasteiger partial charge on any atom is 0.342 e. The molecule has 0 aromatic heterocycles. The van der Waals surface area contributed by atoms with Crippen molar-refractivity contribution in [2.75, 3.05) is 57.3 Å². The van der Waals surface area contributed by atoms with Crippen molar-refractivity contribution >= 4 is 62.8 Å². The van der Waals surface area contributed by atoms with Gasteiger partial charge in [0.05, 0.1) is 62.2 Å². The van der Waals surface area contributed by atoms with Gasteiger partial charge in [-0.2, -0.15) is 0 Å². The van der Waals surface area contributed by atoms with Crippen LogP contribution in [0.3, 0.4) is 0 Å². The van der Waals surface area contributed by atoms with Gasteiger partial charge in [0.15, 0.2) is 17.1 Å². The maximum atomic E-state index is 13.2. The van der Waals surface area contributed by atoms with Crippen molar-refractivity contribution in [3.63, 3.8) is 0 Å². The van der Waals surface area contributed by atoms with Gasteiger partial charge in [0, 0.05) is 5.56 Å². The number of nitrogen functional groups attached to an aromatic ring is 10. The predicted octanol–water partition coefficient (Wildman–Crippen LogP) is 0.0766. The molecule has 0 fully saturated rings. The number of hydrogen-bond donors (Lipinski definition) is 10. The molecule has 0 aliphatic carbocycles. The summed E-state index contributed by atoms with van der Waals surface area (Å²) in [5.41, 5.74) is 60.2. The minimum absolute atomic E-state index is 0.00993. The predicted molar refractivity (Wildman–Crippen MR) is 129 cm³/mol. The molecule has 0 atom stereocenters. The summed E-state index contributed by atoms with van der Waals surface area (Å²) in [6.07, 6.45) is 0. The number of ether oxygens (including phenoxy) is 2. The highest BCUT2D eigenvalue weighted by atomic mass is 16.6. The molecule has 3 aromatic carbocycles. The Labute approximate surface area is 186 Å². The number of hydrogen-bond acceptors (Lipinski definition) is 13. The summed E-state index contributed by atoms with van der Waals surface area (Å²) in [5, 5.41) is 0. The van der Waals surface area contributed by atoms with E-state index in [1.165, 1.54) is 12.1 Å². The summed E-state index contributed by atoms with van der Waals surface area (Å²) in [6.45, 7) is 0. The normalized spacial score (nSPS) is 14.8. The van der Waals surface area contributed by atoms with Gasteiger partial charge in [0.25, 0.3) is 0 Å². The number of fused-ring (bicyclic) bond motifs is 6. The van der Waals surface area contributed by atoms with E-state index < -0.39 is 11.6 Å². The molecule has 13 heteroatoms. The zero-order valence-electron chi connectivity index (χ0n) is 17.2. The average Bonchev–Trinajstić information content (AvgIpc) is 3.08. The van der Waals surface area contributed by atoms with Crippen LogP contribution in [0.4, 0.5) is 56.9 Å². The van der Waals surface area contributed by atoms with Crippen LogP contribution in [-0.4, -0.2) is 5.97 Å². The number of anilines is 10. The number of esters is 1. The summed E-state index contributed by atoms with van der Waals surface area (Å²) >= 11 is 0. The molecule has 2 aliphatic rings. The van der Waals surface area contributed by atoms with E-state index in [1.54, 1.807) is 0 Å². The highest BCUT2D eigenvalue weighted by Gasteiger charge is 2.57. The zero-order chi connectivity index (χ0) is 24.1. The van der Waals surface area contributed by atoms with Crippen LogP contribution >= 0.6 is 0 Å². The first-order valence-electron chi connectivity index (χ1n) is 9.56. The van der Waals surface area contributed by atoms with Gasteiger partial charge in [0.2, 0.25) is 0 Å². The van der Waals surface area contributed by atoms with E-state index >= 15 is 0 Å². The van der Waals surface area contributed by atoms with Crippen molar-refractivity contribution in [2.24, 2.45) is 0 Å². The molecular weight excluding hydrogens is 428 g/mol. The second kappa shape index (κ2) is 5.79. The SMILES string of the molecule is Nc1cc2c(c(N)c1N)Oc1c(cc(N)c(N)c1N)C21OC(=O)c2c(N)c(N)c(N)c(N)c21. The Morgan fingerprint density at radius 1 is 0.576 bits per heavy atom. The summed E-state index contributed by atoms with van der Waals surface area (Å²) in [6, 6.07) is 2.91. The average molecular weight is 450 g/mol. The van der Waals surface area contributed by atoms with E-state index in [9.17, 15) is 4.79 Å². The third-order valence-corrected chi connectivity index (χ3v) is 6.20. The van der Waals surface area contributed by atoms with Crippen LogP contribution < -0.4 is 62.1 Å². The standard InChI is InChI=1S/C20H22N10O3/c21-5-1-3-17(15(29)9(5)23)32-18-4(2-6(22)10(24)16(18)30)20(3)8-7(19(31)33-20)11(25)13(27)14(28)12(8)26/h1-2H,21-30H2. The Morgan fingerprint density at radius 2 is 1.03 bits per heavy atom. The molecule has 2 heterocycles. The molecule has 0 saturated carbocycles. The first-order valence-corrected chi connectivity index (χ1v) is 9.56. The zero-order valence-corrected chi connectivity index (χ0v) is 17.2. The van der Waals surface area contributed by atoms with Crippen molar-refractivity contribution < 1.29 is 14.3 Å². The number of carbonyl (C=O) groups is 1. The van der Waals surface area contributed by atoms with Gasteiger partial charge in [0.1, 0.15) is 11.4 Å². The molecule has 170 valence electrons. The molecule has 0 amide bonds. The lowest BCUT2D eigenvalue weighted by Crippen LogP contribution is -2.35. The quantitative estimate of drug-likeness (QED) is 0.160. The molecule has 20 N–H and O–H groups in total. The maximum absolute atomic E-state index is 13.2. The molecule has 0 bridgehead atoms. The van der Waals surface area contributed by atoms with Crippen molar-refractivity contribution in [3.05, 3.63) is 34.4 Å². The molecule has 2 aliphatic heterocycles. The Bertz CT molecular complexity index is 1390. The molecule has 0 radical (unpaired) electrons. The lowest BCUT2D eigenvalue weighted by atomic mass is 9.75. The fourth-order valence-corrected chi connectivity index (χ4v) is 4.46. The number of benzene rings is 3. The molecule has 13 nitrogen and oxygen atoms in total. The number of nitrogens with two attached hydrogens (primary N) is 10. The van der Waals surface area contributed by atoms with Crippen LogP contribution in [0.2, 0.25) is 0 Å². The van der Waals surface area contributed by atoms with Crippen LogP contribution in [0.1, 0.15) is 27.0 Å². The fraction of sp³-hybridized carbons (Fsp3) is 0.0500. The highest BCUT2D eigenvalue weighted by molar-refractivity contribution is 6.10. The lowest BCUT2D eigenvalue weighted by Gasteiger charge is -2.38. The third-order valence-electron chi connectivity index (χ3n) is 6.20. The fourth-order valence-electron chi connectivity index (χ4n) is 4.46. The van der Waals surface area contributed by atoms with Gasteiger partial charge in [-0.05, 0) is 12.1 Å². The number of carbonyl (C=O) groups excluding carboxylic acids is 1. The molecular formula is C20H22N10O3. The molecule has 3 aromatic rings. The minimum atomic E-state index is -1.79. The van der Waals surface area contributed by atoms with Crippen LogP contribution in [0.15, 0.2) is 12.1 Å². The van der Waals surface area contributed by atoms with Crippen LogP contribution in [0.5, 0.6) is 11.5 Å². The van der Waals surface area contributed by atoms with E-state index in [1.807, 2.05) is 0 Å². The summed E-state index contributed by atoms with van der Waals surface area (Å²) < 4.78 is 12.0. The highest BCUT2D eigenvalue weighted by Crippen LogP contribution is 2.63. The van der Waals surface area contributed by atoms with Gasteiger partial charge in [-0.25, -0.2) is 4.79 Å². The molecule has 33 heavy (non-hydrogen) atoms. The third kappa shape index (κ3) is 2.07. The Hall–Kier alpha value is -5.07. The minimum Gasteiger partial charge on any atom is -0.452 e. The van der Waals surface area contributed by atoms with E-state index in [-0.39, 0.29) is 90.6 Å². The smallest absolute Gasteiger partial charge is 0.342 e. The Kier molecular flexibility index (Phi) is 3.48. The summed E-state index contributed by atoms with van der Waals surface area (Å²) in [5.74, 6) is -0.735. The van der Waals surface area contributed by atoms with Crippen molar-refractivity contribution in [1.82, 2.24) is 0 Å². The van der Waals surface area contributed by atoms with E-state index in [0.717, 1.165) is 0 Å². The molecule has 0 unspecified atom stereocenters. The van der Waals surface area contributed by atoms with Crippen LogP contribution in [0, 0.1) is 0 Å². The van der Waals surface area contributed by atoms with Crippen molar-refractivity contribution in [3.8, 4) is 11.5 Å². The first-order chi connectivity index (χ1) is 15.4. The largest absolute Gasteiger partial charge is 0.452 e. The first kappa shape index (κ1) is 19.9. The van der Waals surface area contributed by atoms with Gasteiger partial charge in [-0.3, -0.25) is 0 Å². The Morgan fingerprint density at radius 3 is 1.52 bits per heavy atom. The Balaban J connectivity index is 2.05. The van der Waals surface area contributed by atoms with Crippen LogP contribution in [-0.2, 0) is 10.3 Å². The molecule has 1 spiro atoms. The van der Waals surface area contributed by atoms with Gasteiger partial charge < -0.3 is 66.8 Å². The van der Waals surface area contributed by atoms with Crippen molar-refractivity contribution in [1.29, 1.82) is 0 Å². The van der Waals surface area contributed by atoms with Crippen LogP contribution in [0.25, 0.3) is 0 Å². The van der Waals surface area contributed by atoms with E-state index in [0.29, 0.717) is 0 Å². The van der Waals surface area contributed by atoms with Gasteiger partial charge in [-0.1, -0.05) is 0 Å². The summed E-state index contributed by atoms with van der Waals surface area (Å²) in [4.78, 5) is 13.2. The van der Waals surface area contributed by atoms with Crippen molar-refractivity contribution in [2.45, 2.75) is 5.60 Å². The molecule has 5 rings (SSSR count). The van der Waals surface area contributed by atoms with Gasteiger partial charge >= 0.3 is 5.97 Å². The summed E-state index contributed by atoms with van der Waals surface area (Å²) in [7, 11) is 0. The van der Waals surface area contributed by atoms with Gasteiger partial charge in [-0.15, -0.1) is 0 Å². The topological polar surface area (TPSA) is 296 Å². The molecule has 0 saturated heterocycles.